The third-order valence-corrected chi connectivity index (χ3v) is 8.87. The van der Waals surface area contributed by atoms with Crippen molar-refractivity contribution in [1.82, 2.24) is 0 Å². The molecule has 0 radical (unpaired) electrons. The summed E-state index contributed by atoms with van der Waals surface area (Å²) in [4.78, 5) is 12.2. The van der Waals surface area contributed by atoms with E-state index >= 15 is 0 Å². The lowest BCUT2D eigenvalue weighted by atomic mass is 9.60. The summed E-state index contributed by atoms with van der Waals surface area (Å²) in [5, 5.41) is 20.2. The summed E-state index contributed by atoms with van der Waals surface area (Å²) in [6.07, 6.45) is 14.6. The van der Waals surface area contributed by atoms with E-state index in [-0.39, 0.29) is 0 Å². The Labute approximate surface area is 182 Å². The number of hydrogen-bond donors (Lipinski definition) is 2. The molecule has 4 rings (SSSR count). The first-order chi connectivity index (χ1) is 14.3. The number of Topliss-reactive ketones (excluding diaryl/α,β-unsaturated/α-hetero) is 1. The zero-order chi connectivity index (χ0) is 21.5. The molecule has 0 aliphatic heterocycles. The zero-order valence-electron chi connectivity index (χ0n) is 18.9. The quantitative estimate of drug-likeness (QED) is 0.604. The molecular formula is C27H40O3. The van der Waals surface area contributed by atoms with Crippen LogP contribution in [0.5, 0.6) is 0 Å². The van der Waals surface area contributed by atoms with Gasteiger partial charge in [-0.2, -0.15) is 0 Å². The van der Waals surface area contributed by atoms with Crippen molar-refractivity contribution in [2.45, 2.75) is 96.7 Å². The molecule has 166 valence electrons. The number of carbonyl (C=O) groups is 1. The standard InChI is InChI=1S/C27H40O3/c1-17(6-13-25(29)20-8-9-20)23-11-12-24-19(5-4-14-27(23,24)3)7-10-21-15-22(28)16-26(30)18(21)2/h7,10,17,20,22-24,26,28,30H,2,4-6,8-9,11-16H2,1,3H3/b19-7+,21-10+/t17-,22-,23-,24+,26+,27-/m1/s1. The lowest BCUT2D eigenvalue weighted by Gasteiger charge is -2.44. The Morgan fingerprint density at radius 1 is 1.23 bits per heavy atom. The first-order valence-corrected chi connectivity index (χ1v) is 12.3. The molecule has 0 amide bonds. The van der Waals surface area contributed by atoms with E-state index in [4.69, 9.17) is 0 Å². The van der Waals surface area contributed by atoms with E-state index in [1.54, 1.807) is 5.57 Å². The molecule has 30 heavy (non-hydrogen) atoms. The summed E-state index contributed by atoms with van der Waals surface area (Å²) in [5.41, 5.74) is 3.66. The van der Waals surface area contributed by atoms with Crippen molar-refractivity contribution in [3.05, 3.63) is 35.5 Å². The van der Waals surface area contributed by atoms with Crippen LogP contribution in [0.25, 0.3) is 0 Å². The predicted octanol–water partition coefficient (Wildman–Crippen LogP) is 5.52. The van der Waals surface area contributed by atoms with Gasteiger partial charge in [0.15, 0.2) is 0 Å². The molecule has 0 aromatic rings. The highest BCUT2D eigenvalue weighted by atomic mass is 16.3. The van der Waals surface area contributed by atoms with Crippen molar-refractivity contribution in [1.29, 1.82) is 0 Å². The number of hydrogen-bond acceptors (Lipinski definition) is 3. The van der Waals surface area contributed by atoms with E-state index in [0.29, 0.717) is 47.7 Å². The van der Waals surface area contributed by atoms with Gasteiger partial charge in [-0.25, -0.2) is 0 Å². The maximum Gasteiger partial charge on any atom is 0.135 e. The lowest BCUT2D eigenvalue weighted by Crippen LogP contribution is -2.36. The average molecular weight is 413 g/mol. The Balaban J connectivity index is 1.45. The normalized spacial score (nSPS) is 40.6. The highest BCUT2D eigenvalue weighted by molar-refractivity contribution is 5.83. The summed E-state index contributed by atoms with van der Waals surface area (Å²) < 4.78 is 0. The molecular weight excluding hydrogens is 372 g/mol. The number of ketones is 1. The second kappa shape index (κ2) is 8.74. The van der Waals surface area contributed by atoms with Gasteiger partial charge in [0.2, 0.25) is 0 Å². The fourth-order valence-corrected chi connectivity index (χ4v) is 6.86. The van der Waals surface area contributed by atoms with Crippen molar-refractivity contribution < 1.29 is 15.0 Å². The monoisotopic (exact) mass is 412 g/mol. The molecule has 2 N–H and O–H groups in total. The smallest absolute Gasteiger partial charge is 0.135 e. The highest BCUT2D eigenvalue weighted by Crippen LogP contribution is 2.60. The SMILES string of the molecule is C=C1/C(=C/C=C2\CCC[C@]3(C)[C@@H]([C@H](C)CCC(=O)C4CC4)CC[C@@H]23)C[C@@H](O)C[C@@H]1O. The minimum absolute atomic E-state index is 0.341. The minimum Gasteiger partial charge on any atom is -0.393 e. The third kappa shape index (κ3) is 4.39. The molecule has 3 heteroatoms. The van der Waals surface area contributed by atoms with Gasteiger partial charge in [0.05, 0.1) is 12.2 Å². The van der Waals surface area contributed by atoms with Crippen LogP contribution in [0.1, 0.15) is 84.5 Å². The number of rotatable bonds is 6. The van der Waals surface area contributed by atoms with Crippen LogP contribution in [0.2, 0.25) is 0 Å². The van der Waals surface area contributed by atoms with Crippen molar-refractivity contribution >= 4 is 5.78 Å². The summed E-state index contributed by atoms with van der Waals surface area (Å²) in [6.45, 7) is 8.94. The second-order valence-corrected chi connectivity index (χ2v) is 10.9. The van der Waals surface area contributed by atoms with Crippen LogP contribution < -0.4 is 0 Å². The van der Waals surface area contributed by atoms with Crippen molar-refractivity contribution in [3.8, 4) is 0 Å². The van der Waals surface area contributed by atoms with E-state index < -0.39 is 12.2 Å². The van der Waals surface area contributed by atoms with Crippen LogP contribution in [-0.4, -0.2) is 28.2 Å². The van der Waals surface area contributed by atoms with Gasteiger partial charge in [-0.05, 0) is 92.1 Å². The zero-order valence-corrected chi connectivity index (χ0v) is 18.9. The number of carbonyl (C=O) groups excluding carboxylic acids is 1. The molecule has 6 atom stereocenters. The molecule has 0 unspecified atom stereocenters. The van der Waals surface area contributed by atoms with E-state index in [1.807, 2.05) is 0 Å². The lowest BCUT2D eigenvalue weighted by molar-refractivity contribution is -0.120. The highest BCUT2D eigenvalue weighted by Gasteiger charge is 2.50. The fourth-order valence-electron chi connectivity index (χ4n) is 6.86. The molecule has 4 aliphatic rings. The summed E-state index contributed by atoms with van der Waals surface area (Å²) in [7, 11) is 0. The molecule has 4 saturated carbocycles. The molecule has 0 heterocycles. The van der Waals surface area contributed by atoms with E-state index in [2.05, 4.69) is 32.6 Å². The third-order valence-electron chi connectivity index (χ3n) is 8.87. The Bertz CT molecular complexity index is 743. The summed E-state index contributed by atoms with van der Waals surface area (Å²) >= 11 is 0. The molecule has 0 saturated heterocycles. The number of aliphatic hydroxyl groups excluding tert-OH is 2. The maximum atomic E-state index is 12.2. The molecule has 4 aliphatic carbocycles. The Morgan fingerprint density at radius 3 is 2.73 bits per heavy atom. The van der Waals surface area contributed by atoms with Crippen LogP contribution in [0.4, 0.5) is 0 Å². The first-order valence-electron chi connectivity index (χ1n) is 12.3. The molecule has 3 nitrogen and oxygen atoms in total. The van der Waals surface area contributed by atoms with Crippen LogP contribution in [0.15, 0.2) is 35.5 Å². The van der Waals surface area contributed by atoms with Gasteiger partial charge in [0, 0.05) is 18.8 Å². The summed E-state index contributed by atoms with van der Waals surface area (Å²) in [5.74, 6) is 2.85. The van der Waals surface area contributed by atoms with Crippen LogP contribution in [-0.2, 0) is 4.79 Å². The number of allylic oxidation sites excluding steroid dienone is 3. The fraction of sp³-hybridized carbons (Fsp3) is 0.741. The minimum atomic E-state index is -0.620. The molecule has 0 aromatic carbocycles. The van der Waals surface area contributed by atoms with Gasteiger partial charge < -0.3 is 10.2 Å². The summed E-state index contributed by atoms with van der Waals surface area (Å²) in [6, 6.07) is 0. The molecule has 0 bridgehead atoms. The predicted molar refractivity (Wildman–Crippen MR) is 121 cm³/mol. The van der Waals surface area contributed by atoms with Gasteiger partial charge in [0.1, 0.15) is 5.78 Å². The van der Waals surface area contributed by atoms with E-state index in [0.717, 1.165) is 43.3 Å². The van der Waals surface area contributed by atoms with Gasteiger partial charge in [-0.1, -0.05) is 38.2 Å². The van der Waals surface area contributed by atoms with E-state index in [1.165, 1.54) is 25.7 Å². The van der Waals surface area contributed by atoms with Crippen LogP contribution >= 0.6 is 0 Å². The molecule has 0 spiro atoms. The van der Waals surface area contributed by atoms with E-state index in [9.17, 15) is 15.0 Å². The van der Waals surface area contributed by atoms with Crippen molar-refractivity contribution in [3.63, 3.8) is 0 Å². The van der Waals surface area contributed by atoms with Gasteiger partial charge >= 0.3 is 0 Å². The number of aliphatic hydroxyl groups is 2. The molecule has 4 fully saturated rings. The van der Waals surface area contributed by atoms with Crippen molar-refractivity contribution in [2.24, 2.45) is 29.1 Å². The first kappa shape index (κ1) is 22.0. The topological polar surface area (TPSA) is 57.5 Å². The van der Waals surface area contributed by atoms with Crippen LogP contribution in [0, 0.1) is 29.1 Å². The van der Waals surface area contributed by atoms with Gasteiger partial charge in [-0.15, -0.1) is 0 Å². The van der Waals surface area contributed by atoms with Gasteiger partial charge in [0.25, 0.3) is 0 Å². The molecule has 0 aromatic heterocycles. The second-order valence-electron chi connectivity index (χ2n) is 10.9. The largest absolute Gasteiger partial charge is 0.393 e. The van der Waals surface area contributed by atoms with Gasteiger partial charge in [-0.3, -0.25) is 4.79 Å². The Kier molecular flexibility index (Phi) is 6.42. The van der Waals surface area contributed by atoms with Crippen molar-refractivity contribution in [2.75, 3.05) is 0 Å². The average Bonchev–Trinajstić information content (AvgIpc) is 3.49. The number of fused-ring (bicyclic) bond motifs is 1. The van der Waals surface area contributed by atoms with Crippen LogP contribution in [0.3, 0.4) is 0 Å². The Hall–Kier alpha value is -1.19. The maximum absolute atomic E-state index is 12.2. The Morgan fingerprint density at radius 2 is 2.00 bits per heavy atom.